The molecule has 27 heavy (non-hydrogen) atoms. The van der Waals surface area contributed by atoms with E-state index in [0.29, 0.717) is 28.2 Å². The zero-order chi connectivity index (χ0) is 19.2. The number of halogens is 1. The van der Waals surface area contributed by atoms with Crippen molar-refractivity contribution in [3.05, 3.63) is 53.6 Å². The van der Waals surface area contributed by atoms with Gasteiger partial charge in [-0.25, -0.2) is 0 Å². The van der Waals surface area contributed by atoms with Gasteiger partial charge in [-0.1, -0.05) is 35.5 Å². The normalized spacial score (nSPS) is 13.5. The van der Waals surface area contributed by atoms with Gasteiger partial charge in [-0.3, -0.25) is 19.5 Å². The number of nitrogens with zero attached hydrogens (tertiary/aromatic N) is 2. The second-order valence-electron chi connectivity index (χ2n) is 5.57. The Balaban J connectivity index is 1.59. The number of nitrogens with one attached hydrogen (secondary N) is 1. The summed E-state index contributed by atoms with van der Waals surface area (Å²) >= 11 is 7.39. The number of anilines is 2. The summed E-state index contributed by atoms with van der Waals surface area (Å²) in [6.45, 7) is 2.55. The third kappa shape index (κ3) is 4.81. The number of hydrogen-bond donors (Lipinski definition) is 1. The fraction of sp³-hybridized carbons (Fsp3) is 0.211. The SMILES string of the molecule is CCOc1ccc(NC(=O)CSC2=NCC(=O)N2c2ccccc2Cl)cc1. The second kappa shape index (κ2) is 8.92. The van der Waals surface area contributed by atoms with E-state index in [-0.39, 0.29) is 24.1 Å². The molecule has 0 fully saturated rings. The first-order valence-corrected chi connectivity index (χ1v) is 9.72. The summed E-state index contributed by atoms with van der Waals surface area (Å²) < 4.78 is 5.37. The minimum atomic E-state index is -0.190. The van der Waals surface area contributed by atoms with Crippen molar-refractivity contribution < 1.29 is 14.3 Å². The van der Waals surface area contributed by atoms with Crippen molar-refractivity contribution >= 4 is 51.7 Å². The molecule has 0 aromatic heterocycles. The number of amides is 2. The van der Waals surface area contributed by atoms with Crippen LogP contribution in [0, 0.1) is 0 Å². The summed E-state index contributed by atoms with van der Waals surface area (Å²) in [6.07, 6.45) is 0. The molecule has 0 bridgehead atoms. The predicted octanol–water partition coefficient (Wildman–Crippen LogP) is 3.81. The van der Waals surface area contributed by atoms with Crippen LogP contribution in [0.25, 0.3) is 0 Å². The molecule has 1 aliphatic heterocycles. The van der Waals surface area contributed by atoms with Crippen LogP contribution in [-0.4, -0.2) is 35.9 Å². The summed E-state index contributed by atoms with van der Waals surface area (Å²) in [5.74, 6) is 0.516. The lowest BCUT2D eigenvalue weighted by Gasteiger charge is -2.19. The van der Waals surface area contributed by atoms with E-state index in [1.165, 1.54) is 16.7 Å². The molecule has 0 atom stereocenters. The Morgan fingerprint density at radius 1 is 1.26 bits per heavy atom. The molecular formula is C19H18ClN3O3S. The average molecular weight is 404 g/mol. The van der Waals surface area contributed by atoms with Crippen molar-refractivity contribution in [2.75, 3.05) is 29.1 Å². The Morgan fingerprint density at radius 3 is 2.70 bits per heavy atom. The van der Waals surface area contributed by atoms with E-state index in [1.54, 1.807) is 48.5 Å². The van der Waals surface area contributed by atoms with Crippen molar-refractivity contribution in [2.24, 2.45) is 4.99 Å². The largest absolute Gasteiger partial charge is 0.494 e. The van der Waals surface area contributed by atoms with Crippen LogP contribution >= 0.6 is 23.4 Å². The Kier molecular flexibility index (Phi) is 6.36. The number of aliphatic imine (C=N–C) groups is 1. The van der Waals surface area contributed by atoms with E-state index >= 15 is 0 Å². The van der Waals surface area contributed by atoms with Crippen molar-refractivity contribution in [2.45, 2.75) is 6.92 Å². The lowest BCUT2D eigenvalue weighted by atomic mass is 10.3. The summed E-state index contributed by atoms with van der Waals surface area (Å²) in [5, 5.41) is 3.74. The van der Waals surface area contributed by atoms with E-state index in [9.17, 15) is 9.59 Å². The zero-order valence-electron chi connectivity index (χ0n) is 14.6. The fourth-order valence-electron chi connectivity index (χ4n) is 2.49. The van der Waals surface area contributed by atoms with Crippen LogP contribution in [0.2, 0.25) is 5.02 Å². The van der Waals surface area contributed by atoms with Crippen LogP contribution in [0.3, 0.4) is 0 Å². The number of carbonyl (C=O) groups excluding carboxylic acids is 2. The van der Waals surface area contributed by atoms with Crippen LogP contribution in [0.5, 0.6) is 5.75 Å². The van der Waals surface area contributed by atoms with Gasteiger partial charge in [0.25, 0.3) is 5.91 Å². The first kappa shape index (κ1) is 19.3. The monoisotopic (exact) mass is 403 g/mol. The summed E-state index contributed by atoms with van der Waals surface area (Å²) in [7, 11) is 0. The van der Waals surface area contributed by atoms with Crippen LogP contribution in [-0.2, 0) is 9.59 Å². The molecule has 0 spiro atoms. The van der Waals surface area contributed by atoms with Gasteiger partial charge in [0.05, 0.1) is 23.1 Å². The maximum atomic E-state index is 12.2. The first-order chi connectivity index (χ1) is 13.1. The number of carbonyl (C=O) groups is 2. The fourth-order valence-corrected chi connectivity index (χ4v) is 3.53. The molecule has 140 valence electrons. The molecule has 2 amide bonds. The number of rotatable bonds is 6. The summed E-state index contributed by atoms with van der Waals surface area (Å²) in [4.78, 5) is 30.1. The Labute approximate surface area is 166 Å². The van der Waals surface area contributed by atoms with E-state index < -0.39 is 0 Å². The Hall–Kier alpha value is -2.51. The number of benzene rings is 2. The van der Waals surface area contributed by atoms with Gasteiger partial charge < -0.3 is 10.1 Å². The predicted molar refractivity (Wildman–Crippen MR) is 110 cm³/mol. The lowest BCUT2D eigenvalue weighted by Crippen LogP contribution is -2.31. The number of ether oxygens (including phenoxy) is 1. The van der Waals surface area contributed by atoms with E-state index in [1.807, 2.05) is 6.92 Å². The van der Waals surface area contributed by atoms with Crippen molar-refractivity contribution in [3.8, 4) is 5.75 Å². The highest BCUT2D eigenvalue weighted by Crippen LogP contribution is 2.30. The molecule has 0 radical (unpaired) electrons. The Morgan fingerprint density at radius 2 is 2.00 bits per heavy atom. The lowest BCUT2D eigenvalue weighted by molar-refractivity contribution is -0.116. The van der Waals surface area contributed by atoms with Crippen LogP contribution < -0.4 is 15.0 Å². The number of para-hydroxylation sites is 1. The van der Waals surface area contributed by atoms with E-state index in [4.69, 9.17) is 16.3 Å². The molecule has 0 saturated carbocycles. The second-order valence-corrected chi connectivity index (χ2v) is 6.92. The topological polar surface area (TPSA) is 71.0 Å². The van der Waals surface area contributed by atoms with Gasteiger partial charge in [-0.2, -0.15) is 0 Å². The zero-order valence-corrected chi connectivity index (χ0v) is 16.2. The van der Waals surface area contributed by atoms with Gasteiger partial charge in [0, 0.05) is 5.69 Å². The molecule has 1 heterocycles. The first-order valence-electron chi connectivity index (χ1n) is 8.36. The van der Waals surface area contributed by atoms with Crippen molar-refractivity contribution in [1.29, 1.82) is 0 Å². The number of amidine groups is 1. The highest BCUT2D eigenvalue weighted by molar-refractivity contribution is 8.14. The van der Waals surface area contributed by atoms with E-state index in [2.05, 4.69) is 10.3 Å². The highest BCUT2D eigenvalue weighted by Gasteiger charge is 2.29. The number of thioether (sulfide) groups is 1. The molecule has 3 rings (SSSR count). The molecule has 0 aliphatic carbocycles. The molecule has 2 aromatic carbocycles. The van der Waals surface area contributed by atoms with Crippen molar-refractivity contribution in [1.82, 2.24) is 0 Å². The van der Waals surface area contributed by atoms with Gasteiger partial charge in [-0.05, 0) is 43.3 Å². The standard InChI is InChI=1S/C19H18ClN3O3S/c1-2-26-14-9-7-13(8-10-14)22-17(24)12-27-19-21-11-18(25)23(19)16-6-4-3-5-15(16)20/h3-10H,2,11-12H2,1H3,(H,22,24). The molecule has 8 heteroatoms. The van der Waals surface area contributed by atoms with Gasteiger partial charge in [0.15, 0.2) is 5.17 Å². The maximum Gasteiger partial charge on any atom is 0.254 e. The maximum absolute atomic E-state index is 12.2. The number of hydrogen-bond acceptors (Lipinski definition) is 5. The van der Waals surface area contributed by atoms with Gasteiger partial charge in [-0.15, -0.1) is 0 Å². The molecule has 2 aromatic rings. The molecule has 0 unspecified atom stereocenters. The van der Waals surface area contributed by atoms with Crippen molar-refractivity contribution in [3.63, 3.8) is 0 Å². The highest BCUT2D eigenvalue weighted by atomic mass is 35.5. The van der Waals surface area contributed by atoms with Crippen LogP contribution in [0.15, 0.2) is 53.5 Å². The summed E-state index contributed by atoms with van der Waals surface area (Å²) in [6, 6.07) is 14.2. The van der Waals surface area contributed by atoms with Gasteiger partial charge in [0.2, 0.25) is 5.91 Å². The Bertz CT molecular complexity index is 871. The molecule has 6 nitrogen and oxygen atoms in total. The van der Waals surface area contributed by atoms with Crippen LogP contribution in [0.1, 0.15) is 6.92 Å². The quantitative estimate of drug-likeness (QED) is 0.796. The smallest absolute Gasteiger partial charge is 0.254 e. The molecule has 0 saturated heterocycles. The molecule has 1 aliphatic rings. The average Bonchev–Trinajstić information content (AvgIpc) is 3.03. The summed E-state index contributed by atoms with van der Waals surface area (Å²) in [5.41, 5.74) is 1.25. The van der Waals surface area contributed by atoms with Crippen LogP contribution in [0.4, 0.5) is 11.4 Å². The minimum absolute atomic E-state index is 0.0497. The van der Waals surface area contributed by atoms with E-state index in [0.717, 1.165) is 5.75 Å². The third-order valence-corrected chi connectivity index (χ3v) is 4.96. The van der Waals surface area contributed by atoms with Gasteiger partial charge >= 0.3 is 0 Å². The third-order valence-electron chi connectivity index (χ3n) is 3.67. The van der Waals surface area contributed by atoms with Gasteiger partial charge in [0.1, 0.15) is 12.3 Å². The molecule has 1 N–H and O–H groups in total. The minimum Gasteiger partial charge on any atom is -0.494 e. The molecular weight excluding hydrogens is 386 g/mol.